The minimum Gasteiger partial charge on any atom is -0.446 e. The average Bonchev–Trinajstić information content (AvgIpc) is 2.48. The Kier molecular flexibility index (Phi) is 4.43. The van der Waals surface area contributed by atoms with Gasteiger partial charge < -0.3 is 4.12 Å². The summed E-state index contributed by atoms with van der Waals surface area (Å²) in [6, 6.07) is 21.1. The number of benzene rings is 2. The third-order valence-electron chi connectivity index (χ3n) is 3.67. The van der Waals surface area contributed by atoms with Crippen molar-refractivity contribution in [1.29, 1.82) is 0 Å². The van der Waals surface area contributed by atoms with Crippen molar-refractivity contribution in [1.82, 2.24) is 0 Å². The highest BCUT2D eigenvalue weighted by Crippen LogP contribution is 2.16. The summed E-state index contributed by atoms with van der Waals surface area (Å²) in [5.74, 6) is 0. The molecule has 0 aliphatic heterocycles. The van der Waals surface area contributed by atoms with E-state index in [1.807, 2.05) is 11.8 Å². The van der Waals surface area contributed by atoms with Crippen molar-refractivity contribution in [3.63, 3.8) is 0 Å². The Bertz CT molecular complexity index is 566. The van der Waals surface area contributed by atoms with Gasteiger partial charge in [-0.15, -0.1) is 6.58 Å². The second kappa shape index (κ2) is 5.91. The molecule has 0 saturated heterocycles. The summed E-state index contributed by atoms with van der Waals surface area (Å²) in [5.41, 5.74) is 2.04. The predicted octanol–water partition coefficient (Wildman–Crippen LogP) is 3.32. The van der Waals surface area contributed by atoms with E-state index in [0.717, 1.165) is 0 Å². The molecule has 0 bridgehead atoms. The van der Waals surface area contributed by atoms with Gasteiger partial charge in [-0.3, -0.25) is 0 Å². The normalized spacial score (nSPS) is 14.6. The lowest BCUT2D eigenvalue weighted by Crippen LogP contribution is -2.58. The molecule has 3 heteroatoms. The van der Waals surface area contributed by atoms with Crippen LogP contribution in [0.2, 0.25) is 19.6 Å². The quantitative estimate of drug-likeness (QED) is 0.770. The van der Waals surface area contributed by atoms with Gasteiger partial charge in [0, 0.05) is 0 Å². The molecule has 0 aliphatic carbocycles. The molecular weight excluding hydrogens is 276 g/mol. The minimum absolute atomic E-state index is 1.28. The fourth-order valence-corrected chi connectivity index (χ4v) is 10.0. The molecule has 20 heavy (non-hydrogen) atoms. The van der Waals surface area contributed by atoms with E-state index in [0.29, 0.717) is 0 Å². The first-order valence-electron chi connectivity index (χ1n) is 6.93. The Hall–Kier alpha value is -1.43. The van der Waals surface area contributed by atoms with Crippen LogP contribution in [0.25, 0.3) is 0 Å². The molecule has 0 spiro atoms. The van der Waals surface area contributed by atoms with E-state index >= 15 is 0 Å². The first kappa shape index (κ1) is 15.0. The third-order valence-corrected chi connectivity index (χ3v) is 11.4. The van der Waals surface area contributed by atoms with Crippen LogP contribution in [0.3, 0.4) is 0 Å². The maximum absolute atomic E-state index is 6.71. The second-order valence-corrected chi connectivity index (χ2v) is 13.3. The first-order chi connectivity index (χ1) is 9.48. The molecule has 0 fully saturated rings. The van der Waals surface area contributed by atoms with Crippen molar-refractivity contribution < 1.29 is 4.12 Å². The highest BCUT2D eigenvalue weighted by atomic mass is 28.4. The van der Waals surface area contributed by atoms with E-state index < -0.39 is 16.6 Å². The summed E-state index contributed by atoms with van der Waals surface area (Å²) >= 11 is 0. The Morgan fingerprint density at radius 1 is 0.800 bits per heavy atom. The largest absolute Gasteiger partial charge is 0.446 e. The van der Waals surface area contributed by atoms with Gasteiger partial charge in [0.05, 0.1) is 0 Å². The van der Waals surface area contributed by atoms with Gasteiger partial charge in [0.25, 0.3) is 0 Å². The number of hydrogen-bond donors (Lipinski definition) is 0. The lowest BCUT2D eigenvalue weighted by Gasteiger charge is -2.35. The smallest absolute Gasteiger partial charge is 0.234 e. The summed E-state index contributed by atoms with van der Waals surface area (Å²) in [5, 5.41) is 2.61. The van der Waals surface area contributed by atoms with E-state index in [-0.39, 0.29) is 0 Å². The molecule has 104 valence electrons. The van der Waals surface area contributed by atoms with Gasteiger partial charge in [-0.2, -0.15) is 0 Å². The van der Waals surface area contributed by atoms with Gasteiger partial charge in [0.1, 0.15) is 0 Å². The van der Waals surface area contributed by atoms with E-state index in [2.05, 4.69) is 80.8 Å². The van der Waals surface area contributed by atoms with Crippen LogP contribution >= 0.6 is 0 Å². The topological polar surface area (TPSA) is 9.23 Å². The standard InChI is InChI=1S/C17H22OSi2/c1-5-20(4,17-14-10-7-11-15-17)18-19(2,3)16-12-8-6-9-13-16/h5-15H,1H2,2-4H3. The van der Waals surface area contributed by atoms with Crippen LogP contribution in [0.15, 0.2) is 72.9 Å². The van der Waals surface area contributed by atoms with Crippen molar-refractivity contribution in [2.75, 3.05) is 0 Å². The molecular formula is C17H22OSi2. The van der Waals surface area contributed by atoms with Crippen molar-refractivity contribution in [2.45, 2.75) is 19.6 Å². The van der Waals surface area contributed by atoms with Crippen molar-refractivity contribution >= 4 is 27.0 Å². The zero-order valence-corrected chi connectivity index (χ0v) is 14.5. The van der Waals surface area contributed by atoms with Crippen LogP contribution in [0.1, 0.15) is 0 Å². The van der Waals surface area contributed by atoms with Crippen LogP contribution in [-0.2, 0) is 4.12 Å². The molecule has 2 aromatic carbocycles. The molecule has 2 aromatic rings. The lowest BCUT2D eigenvalue weighted by atomic mass is 10.4. The van der Waals surface area contributed by atoms with E-state index in [1.54, 1.807) is 0 Å². The summed E-state index contributed by atoms with van der Waals surface area (Å²) in [6.45, 7) is 10.8. The van der Waals surface area contributed by atoms with Crippen molar-refractivity contribution in [2.24, 2.45) is 0 Å². The summed E-state index contributed by atoms with van der Waals surface area (Å²) < 4.78 is 6.71. The zero-order chi connectivity index (χ0) is 14.6. The van der Waals surface area contributed by atoms with Gasteiger partial charge in [0.15, 0.2) is 0 Å². The van der Waals surface area contributed by atoms with Crippen LogP contribution in [-0.4, -0.2) is 16.6 Å². The summed E-state index contributed by atoms with van der Waals surface area (Å²) in [6.07, 6.45) is 0. The molecule has 1 atom stereocenters. The van der Waals surface area contributed by atoms with Crippen LogP contribution in [0.5, 0.6) is 0 Å². The molecule has 1 nitrogen and oxygen atoms in total. The van der Waals surface area contributed by atoms with E-state index in [4.69, 9.17) is 4.12 Å². The Morgan fingerprint density at radius 3 is 1.70 bits per heavy atom. The number of hydrogen-bond acceptors (Lipinski definition) is 1. The SMILES string of the molecule is C=C[Si](C)(O[Si](C)(C)c1ccccc1)c1ccccc1. The van der Waals surface area contributed by atoms with Crippen LogP contribution < -0.4 is 10.4 Å². The fourth-order valence-electron chi connectivity index (χ4n) is 2.42. The molecule has 0 aliphatic rings. The van der Waals surface area contributed by atoms with Gasteiger partial charge >= 0.3 is 0 Å². The molecule has 0 radical (unpaired) electrons. The summed E-state index contributed by atoms with van der Waals surface area (Å²) in [7, 11) is -4.02. The Labute approximate surface area is 124 Å². The lowest BCUT2D eigenvalue weighted by molar-refractivity contribution is 0.579. The van der Waals surface area contributed by atoms with Gasteiger partial charge in [-0.05, 0) is 30.0 Å². The van der Waals surface area contributed by atoms with Crippen molar-refractivity contribution in [3.05, 3.63) is 72.9 Å². The summed E-state index contributed by atoms with van der Waals surface area (Å²) in [4.78, 5) is 0. The molecule has 0 heterocycles. The molecule has 1 unspecified atom stereocenters. The van der Waals surface area contributed by atoms with Gasteiger partial charge in [0.2, 0.25) is 16.6 Å². The van der Waals surface area contributed by atoms with Crippen LogP contribution in [0, 0.1) is 0 Å². The van der Waals surface area contributed by atoms with E-state index in [9.17, 15) is 0 Å². The molecule has 2 rings (SSSR count). The fraction of sp³-hybridized carbons (Fsp3) is 0.176. The predicted molar refractivity (Wildman–Crippen MR) is 92.5 cm³/mol. The van der Waals surface area contributed by atoms with Gasteiger partial charge in [-0.25, -0.2) is 0 Å². The molecule has 0 N–H and O–H groups in total. The second-order valence-electron chi connectivity index (χ2n) is 5.66. The van der Waals surface area contributed by atoms with Crippen molar-refractivity contribution in [3.8, 4) is 0 Å². The zero-order valence-electron chi connectivity index (χ0n) is 12.5. The highest BCUT2D eigenvalue weighted by molar-refractivity contribution is 6.99. The highest BCUT2D eigenvalue weighted by Gasteiger charge is 2.37. The molecule has 0 saturated carbocycles. The maximum atomic E-state index is 6.71. The first-order valence-corrected chi connectivity index (χ1v) is 12.3. The Morgan fingerprint density at radius 2 is 1.25 bits per heavy atom. The maximum Gasteiger partial charge on any atom is 0.234 e. The third kappa shape index (κ3) is 3.18. The minimum atomic E-state index is -2.09. The average molecular weight is 299 g/mol. The number of rotatable bonds is 5. The van der Waals surface area contributed by atoms with Gasteiger partial charge in [-0.1, -0.05) is 66.4 Å². The Balaban J connectivity index is 2.33. The monoisotopic (exact) mass is 298 g/mol. The van der Waals surface area contributed by atoms with Crippen LogP contribution in [0.4, 0.5) is 0 Å². The molecule has 0 amide bonds. The molecule has 0 aromatic heterocycles. The van der Waals surface area contributed by atoms with E-state index in [1.165, 1.54) is 10.4 Å².